The minimum Gasteiger partial charge on any atom is -0.281 e. The van der Waals surface area contributed by atoms with Gasteiger partial charge >= 0.3 is 0 Å². The van der Waals surface area contributed by atoms with Crippen LogP contribution < -0.4 is 0 Å². The van der Waals surface area contributed by atoms with E-state index in [0.29, 0.717) is 13.2 Å². The highest BCUT2D eigenvalue weighted by Crippen LogP contribution is 2.34. The molecule has 0 aliphatic carbocycles. The van der Waals surface area contributed by atoms with Gasteiger partial charge in [-0.05, 0) is 19.8 Å². The van der Waals surface area contributed by atoms with E-state index in [1.54, 1.807) is 0 Å². The van der Waals surface area contributed by atoms with Gasteiger partial charge in [0, 0.05) is 18.6 Å². The maximum atomic E-state index is 12.7. The molecule has 1 atom stereocenters. The standard InChI is InChI=1S/C7H13FN2.C2H6/c1-7-3-2-4-9(7)6-10(8)5-7;1-2/h2-6H2,1H3;1-2H3. The third-order valence-corrected chi connectivity index (χ3v) is 2.74. The highest BCUT2D eigenvalue weighted by Gasteiger charge is 2.44. The quantitative estimate of drug-likeness (QED) is 0.518. The Hall–Kier alpha value is -0.150. The molecule has 2 aliphatic rings. The van der Waals surface area contributed by atoms with Crippen LogP contribution >= 0.6 is 0 Å². The van der Waals surface area contributed by atoms with E-state index in [0.717, 1.165) is 18.1 Å². The van der Waals surface area contributed by atoms with Gasteiger partial charge < -0.3 is 0 Å². The number of rotatable bonds is 0. The van der Waals surface area contributed by atoms with E-state index in [-0.39, 0.29) is 5.54 Å². The molecule has 0 aromatic carbocycles. The molecule has 1 unspecified atom stereocenters. The number of nitrogens with zero attached hydrogens (tertiary/aromatic N) is 2. The number of halogens is 1. The van der Waals surface area contributed by atoms with Crippen LogP contribution in [0.2, 0.25) is 0 Å². The molecule has 0 aromatic heterocycles. The van der Waals surface area contributed by atoms with Crippen molar-refractivity contribution < 1.29 is 4.48 Å². The minimum atomic E-state index is 0.161. The summed E-state index contributed by atoms with van der Waals surface area (Å²) in [5.74, 6) is 0. The Morgan fingerprint density at radius 2 is 2.00 bits per heavy atom. The van der Waals surface area contributed by atoms with Crippen LogP contribution in [-0.4, -0.2) is 35.3 Å². The zero-order valence-corrected chi connectivity index (χ0v) is 8.31. The fraction of sp³-hybridized carbons (Fsp3) is 1.00. The van der Waals surface area contributed by atoms with Crippen molar-refractivity contribution in [3.8, 4) is 0 Å². The second-order valence-electron chi connectivity index (χ2n) is 3.63. The van der Waals surface area contributed by atoms with Crippen LogP contribution in [0, 0.1) is 0 Å². The molecule has 2 saturated heterocycles. The van der Waals surface area contributed by atoms with E-state index in [1.807, 2.05) is 13.8 Å². The molecule has 0 radical (unpaired) electrons. The zero-order valence-electron chi connectivity index (χ0n) is 8.31. The highest BCUT2D eigenvalue weighted by atomic mass is 19.2. The summed E-state index contributed by atoms with van der Waals surface area (Å²) >= 11 is 0. The van der Waals surface area contributed by atoms with E-state index in [4.69, 9.17) is 0 Å². The van der Waals surface area contributed by atoms with Crippen molar-refractivity contribution in [3.05, 3.63) is 0 Å². The van der Waals surface area contributed by atoms with E-state index in [2.05, 4.69) is 11.8 Å². The predicted octanol–water partition coefficient (Wildman–Crippen LogP) is 2.02. The lowest BCUT2D eigenvalue weighted by molar-refractivity contribution is 0.0349. The number of hydrogen-bond acceptors (Lipinski definition) is 2. The molecule has 2 fully saturated rings. The number of hydrogen-bond donors (Lipinski definition) is 0. The van der Waals surface area contributed by atoms with Crippen LogP contribution in [0.15, 0.2) is 0 Å². The van der Waals surface area contributed by atoms with Gasteiger partial charge in [0.2, 0.25) is 0 Å². The fourth-order valence-electron chi connectivity index (χ4n) is 2.10. The second kappa shape index (κ2) is 3.71. The summed E-state index contributed by atoms with van der Waals surface area (Å²) < 4.78 is 12.7. The molecular weight excluding hydrogens is 155 g/mol. The third-order valence-electron chi connectivity index (χ3n) is 2.74. The van der Waals surface area contributed by atoms with Crippen molar-refractivity contribution in [1.82, 2.24) is 10.0 Å². The van der Waals surface area contributed by atoms with Crippen molar-refractivity contribution >= 4 is 0 Å². The first-order chi connectivity index (χ1) is 5.71. The van der Waals surface area contributed by atoms with Crippen LogP contribution in [-0.2, 0) is 0 Å². The lowest BCUT2D eigenvalue weighted by Gasteiger charge is -2.24. The first kappa shape index (κ1) is 9.93. The van der Waals surface area contributed by atoms with Crippen LogP contribution in [0.3, 0.4) is 0 Å². The van der Waals surface area contributed by atoms with Gasteiger partial charge in [0.05, 0.1) is 6.67 Å². The summed E-state index contributed by atoms with van der Waals surface area (Å²) in [6, 6.07) is 0. The van der Waals surface area contributed by atoms with Gasteiger partial charge in [0.1, 0.15) is 0 Å². The normalized spacial score (nSPS) is 36.0. The molecule has 0 amide bonds. The van der Waals surface area contributed by atoms with Gasteiger partial charge in [0.25, 0.3) is 0 Å². The van der Waals surface area contributed by atoms with Gasteiger partial charge in [-0.1, -0.05) is 13.8 Å². The summed E-state index contributed by atoms with van der Waals surface area (Å²) in [5, 5.41) is 0.916. The van der Waals surface area contributed by atoms with E-state index < -0.39 is 0 Å². The molecule has 0 saturated carbocycles. The van der Waals surface area contributed by atoms with Crippen LogP contribution in [0.25, 0.3) is 0 Å². The Morgan fingerprint density at radius 3 is 2.58 bits per heavy atom. The molecule has 0 bridgehead atoms. The molecule has 0 N–H and O–H groups in total. The molecule has 2 nitrogen and oxygen atoms in total. The van der Waals surface area contributed by atoms with Gasteiger partial charge in [-0.2, -0.15) is 0 Å². The summed E-state index contributed by atoms with van der Waals surface area (Å²) in [7, 11) is 0. The van der Waals surface area contributed by atoms with E-state index in [1.165, 1.54) is 6.42 Å². The van der Waals surface area contributed by atoms with Crippen molar-refractivity contribution in [2.45, 2.75) is 39.2 Å². The zero-order chi connectivity index (χ0) is 9.19. The van der Waals surface area contributed by atoms with E-state index in [9.17, 15) is 4.48 Å². The molecule has 2 aliphatic heterocycles. The second-order valence-corrected chi connectivity index (χ2v) is 3.63. The van der Waals surface area contributed by atoms with Crippen molar-refractivity contribution in [2.75, 3.05) is 19.8 Å². The van der Waals surface area contributed by atoms with Crippen molar-refractivity contribution in [1.29, 1.82) is 0 Å². The van der Waals surface area contributed by atoms with Crippen molar-refractivity contribution in [2.24, 2.45) is 0 Å². The Balaban J connectivity index is 0.000000336. The van der Waals surface area contributed by atoms with Crippen molar-refractivity contribution in [3.63, 3.8) is 0 Å². The monoisotopic (exact) mass is 174 g/mol. The Kier molecular flexibility index (Phi) is 3.07. The first-order valence-corrected chi connectivity index (χ1v) is 4.86. The molecule has 12 heavy (non-hydrogen) atoms. The molecule has 2 rings (SSSR count). The minimum absolute atomic E-state index is 0.161. The summed E-state index contributed by atoms with van der Waals surface area (Å²) in [6.45, 7) is 8.36. The largest absolute Gasteiger partial charge is 0.281 e. The van der Waals surface area contributed by atoms with Gasteiger partial charge in [0.15, 0.2) is 0 Å². The topological polar surface area (TPSA) is 6.48 Å². The molecule has 72 valence electrons. The van der Waals surface area contributed by atoms with Gasteiger partial charge in [-0.25, -0.2) is 0 Å². The summed E-state index contributed by atoms with van der Waals surface area (Å²) in [6.07, 6.45) is 2.40. The molecule has 3 heteroatoms. The SMILES string of the molecule is CC.CC12CCCN1CN(F)C2. The smallest absolute Gasteiger partial charge is 0.0812 e. The maximum absolute atomic E-state index is 12.7. The average molecular weight is 174 g/mol. The van der Waals surface area contributed by atoms with Crippen LogP contribution in [0.1, 0.15) is 33.6 Å². The Labute approximate surface area is 74.3 Å². The number of fused-ring (bicyclic) bond motifs is 1. The maximum Gasteiger partial charge on any atom is 0.0812 e. The van der Waals surface area contributed by atoms with Crippen LogP contribution in [0.5, 0.6) is 0 Å². The van der Waals surface area contributed by atoms with Crippen LogP contribution in [0.4, 0.5) is 4.48 Å². The van der Waals surface area contributed by atoms with E-state index >= 15 is 0 Å². The third kappa shape index (κ3) is 1.62. The van der Waals surface area contributed by atoms with Gasteiger partial charge in [-0.15, -0.1) is 9.60 Å². The summed E-state index contributed by atoms with van der Waals surface area (Å²) in [5.41, 5.74) is 0.161. The predicted molar refractivity (Wildman–Crippen MR) is 48.4 cm³/mol. The fourth-order valence-corrected chi connectivity index (χ4v) is 2.10. The van der Waals surface area contributed by atoms with Gasteiger partial charge in [-0.3, -0.25) is 4.90 Å². The lowest BCUT2D eigenvalue weighted by Crippen LogP contribution is -2.36. The molecular formula is C9H19FN2. The molecule has 2 heterocycles. The lowest BCUT2D eigenvalue weighted by atomic mass is 10.0. The molecule has 0 aromatic rings. The average Bonchev–Trinajstić information content (AvgIpc) is 2.46. The Bertz CT molecular complexity index is 151. The first-order valence-electron chi connectivity index (χ1n) is 4.86. The Morgan fingerprint density at radius 1 is 1.33 bits per heavy atom. The highest BCUT2D eigenvalue weighted by molar-refractivity contribution is 4.96. The molecule has 0 spiro atoms. The summed E-state index contributed by atoms with van der Waals surface area (Å²) in [4.78, 5) is 2.23.